The lowest BCUT2D eigenvalue weighted by molar-refractivity contribution is 0.604. The largest absolute Gasteiger partial charge is 0.307 e. The number of hydrogen-bond acceptors (Lipinski definition) is 2. The van der Waals surface area contributed by atoms with Crippen molar-refractivity contribution in [3.8, 4) is 22.3 Å². The molecule has 0 aliphatic rings. The number of benzene rings is 10. The summed E-state index contributed by atoms with van der Waals surface area (Å²) in [4.78, 5) is 3.53. The van der Waals surface area contributed by atoms with Crippen molar-refractivity contribution in [2.45, 2.75) is 27.7 Å². The molecule has 0 fully saturated rings. The van der Waals surface area contributed by atoms with Crippen LogP contribution in [0.25, 0.3) is 54.6 Å². The van der Waals surface area contributed by atoms with Crippen LogP contribution >= 0.6 is 0 Å². The normalized spacial score (nSPS) is 11.5. The molecule has 0 N–H and O–H groups in total. The van der Waals surface area contributed by atoms with E-state index in [-0.39, 0.29) is 22.5 Å². The second-order valence-electron chi connectivity index (χ2n) is 16.3. The van der Waals surface area contributed by atoms with Crippen molar-refractivity contribution in [1.29, 1.82) is 0 Å². The van der Waals surface area contributed by atoms with Gasteiger partial charge >= 0.3 is 0 Å². The minimum Gasteiger partial charge on any atom is -0.307 e. The zero-order valence-corrected chi connectivity index (χ0v) is 34.6. The van der Waals surface area contributed by atoms with Gasteiger partial charge in [-0.15, -0.1) is 0 Å². The summed E-state index contributed by atoms with van der Waals surface area (Å²) >= 11 is 0. The van der Waals surface area contributed by atoms with Gasteiger partial charge in [0.25, 0.3) is 0 Å². The molecular weight excluding hydrogens is 777 g/mol. The molecule has 0 saturated carbocycles. The molecule has 0 unspecified atom stereocenters. The Bertz CT molecular complexity index is 3080. The van der Waals surface area contributed by atoms with E-state index >= 15 is 17.6 Å². The van der Waals surface area contributed by atoms with E-state index in [1.165, 1.54) is 24.3 Å². The third-order valence-electron chi connectivity index (χ3n) is 11.7. The Morgan fingerprint density at radius 3 is 1.05 bits per heavy atom. The molecule has 0 radical (unpaired) electrons. The lowest BCUT2D eigenvalue weighted by Crippen LogP contribution is -2.14. The third-order valence-corrected chi connectivity index (χ3v) is 11.7. The van der Waals surface area contributed by atoms with Gasteiger partial charge in [-0.3, -0.25) is 0 Å². The van der Waals surface area contributed by atoms with Crippen molar-refractivity contribution < 1.29 is 17.6 Å². The van der Waals surface area contributed by atoms with Gasteiger partial charge in [0, 0.05) is 45.4 Å². The minimum atomic E-state index is -0.575. The van der Waals surface area contributed by atoms with Gasteiger partial charge in [0.2, 0.25) is 0 Å². The Hall–Kier alpha value is -7.44. The fourth-order valence-corrected chi connectivity index (χ4v) is 9.25. The molecule has 0 spiro atoms. The summed E-state index contributed by atoms with van der Waals surface area (Å²) in [5.74, 6) is -2.23. The molecule has 10 rings (SSSR count). The highest BCUT2D eigenvalue weighted by Crippen LogP contribution is 2.49. The minimum absolute atomic E-state index is 0.0644. The summed E-state index contributed by atoms with van der Waals surface area (Å²) in [6.45, 7) is 7.76. The molecule has 2 nitrogen and oxygen atoms in total. The van der Waals surface area contributed by atoms with Gasteiger partial charge in [0.1, 0.15) is 23.3 Å². The van der Waals surface area contributed by atoms with Crippen molar-refractivity contribution in [1.82, 2.24) is 0 Å². The molecule has 10 aromatic rings. The van der Waals surface area contributed by atoms with Crippen molar-refractivity contribution >= 4 is 66.4 Å². The Morgan fingerprint density at radius 1 is 0.323 bits per heavy atom. The van der Waals surface area contributed by atoms with Gasteiger partial charge in [-0.05, 0) is 109 Å². The highest BCUT2D eigenvalue weighted by Gasteiger charge is 2.26. The Labute approximate surface area is 357 Å². The molecule has 0 aromatic heterocycles. The van der Waals surface area contributed by atoms with Gasteiger partial charge in [-0.1, -0.05) is 131 Å². The smallest absolute Gasteiger partial charge is 0.148 e. The van der Waals surface area contributed by atoms with E-state index in [0.717, 1.165) is 54.6 Å². The van der Waals surface area contributed by atoms with Crippen molar-refractivity contribution in [3.05, 3.63) is 215 Å². The second-order valence-corrected chi connectivity index (χ2v) is 16.3. The molecular formula is C56H40F4N2. The zero-order chi connectivity index (χ0) is 42.8. The quantitative estimate of drug-likeness (QED) is 0.111. The first-order valence-electron chi connectivity index (χ1n) is 20.6. The monoisotopic (exact) mass is 816 g/mol. The summed E-state index contributed by atoms with van der Waals surface area (Å²) in [6, 6.07) is 51.3. The first-order valence-corrected chi connectivity index (χ1v) is 20.6. The average molecular weight is 817 g/mol. The van der Waals surface area contributed by atoms with E-state index in [0.29, 0.717) is 33.9 Å². The maximum Gasteiger partial charge on any atom is 0.148 e. The van der Waals surface area contributed by atoms with E-state index in [1.807, 2.05) is 173 Å². The number of para-hydroxylation sites is 2. The van der Waals surface area contributed by atoms with Crippen LogP contribution in [0.3, 0.4) is 0 Å². The highest BCUT2D eigenvalue weighted by atomic mass is 19.1. The average Bonchev–Trinajstić information content (AvgIpc) is 3.26. The second kappa shape index (κ2) is 15.2. The number of anilines is 6. The summed E-state index contributed by atoms with van der Waals surface area (Å²) in [7, 11) is 0. The molecule has 0 atom stereocenters. The fourth-order valence-electron chi connectivity index (χ4n) is 9.25. The number of nitrogens with zero attached hydrogens (tertiary/aromatic N) is 2. The molecule has 0 aliphatic heterocycles. The Kier molecular flexibility index (Phi) is 9.52. The lowest BCUT2D eigenvalue weighted by Gasteiger charge is -2.30. The summed E-state index contributed by atoms with van der Waals surface area (Å²) in [5.41, 5.74) is 8.17. The van der Waals surface area contributed by atoms with Crippen LogP contribution in [-0.4, -0.2) is 0 Å². The van der Waals surface area contributed by atoms with Crippen LogP contribution < -0.4 is 9.80 Å². The van der Waals surface area contributed by atoms with Crippen LogP contribution in [-0.2, 0) is 0 Å². The molecule has 0 bridgehead atoms. The Morgan fingerprint density at radius 2 is 0.677 bits per heavy atom. The standard InChI is InChI=1S/C56H40F4N2/c1-33-23-34(2)26-39(25-33)45-29-49(59)53(31-47(45)57)61(41-11-7-5-8-12-41)51-21-17-37-16-20-44-52(22-18-38-15-19-43(51)55(37)56(38)44)62(42-13-9-6-10-14-42)54-32-48(58)46(30-50(54)60)40-27-35(3)24-36(4)28-40/h5-32H,1-4H3. The van der Waals surface area contributed by atoms with E-state index in [1.54, 1.807) is 9.80 Å². The molecule has 0 saturated heterocycles. The van der Waals surface area contributed by atoms with Crippen LogP contribution in [0.1, 0.15) is 22.3 Å². The molecule has 0 aliphatic carbocycles. The van der Waals surface area contributed by atoms with Gasteiger partial charge < -0.3 is 9.80 Å². The van der Waals surface area contributed by atoms with Gasteiger partial charge in [0.05, 0.1) is 22.7 Å². The van der Waals surface area contributed by atoms with Crippen LogP contribution in [0, 0.1) is 51.0 Å². The number of halogens is 4. The Balaban J connectivity index is 1.18. The van der Waals surface area contributed by atoms with Crippen LogP contribution in [0.4, 0.5) is 51.7 Å². The van der Waals surface area contributed by atoms with E-state index in [4.69, 9.17) is 0 Å². The zero-order valence-electron chi connectivity index (χ0n) is 34.6. The predicted molar refractivity (Wildman–Crippen MR) is 249 cm³/mol. The summed E-state index contributed by atoms with van der Waals surface area (Å²) in [5, 5.41) is 5.29. The number of hydrogen-bond donors (Lipinski definition) is 0. The topological polar surface area (TPSA) is 6.48 Å². The van der Waals surface area contributed by atoms with E-state index < -0.39 is 23.3 Å². The van der Waals surface area contributed by atoms with E-state index in [9.17, 15) is 0 Å². The number of aryl methyl sites for hydroxylation is 4. The first kappa shape index (κ1) is 38.7. The van der Waals surface area contributed by atoms with Crippen LogP contribution in [0.2, 0.25) is 0 Å². The van der Waals surface area contributed by atoms with Gasteiger partial charge in [0.15, 0.2) is 0 Å². The van der Waals surface area contributed by atoms with Crippen molar-refractivity contribution in [3.63, 3.8) is 0 Å². The molecule has 62 heavy (non-hydrogen) atoms. The maximum atomic E-state index is 16.7. The molecule has 0 heterocycles. The highest BCUT2D eigenvalue weighted by molar-refractivity contribution is 6.28. The fraction of sp³-hybridized carbons (Fsp3) is 0.0714. The molecule has 302 valence electrons. The van der Waals surface area contributed by atoms with Crippen LogP contribution in [0.5, 0.6) is 0 Å². The van der Waals surface area contributed by atoms with Crippen LogP contribution in [0.15, 0.2) is 170 Å². The molecule has 0 amide bonds. The van der Waals surface area contributed by atoms with E-state index in [2.05, 4.69) is 0 Å². The third kappa shape index (κ3) is 6.69. The first-order chi connectivity index (χ1) is 30.0. The van der Waals surface area contributed by atoms with Gasteiger partial charge in [-0.25, -0.2) is 17.6 Å². The van der Waals surface area contributed by atoms with Gasteiger partial charge in [-0.2, -0.15) is 0 Å². The molecule has 6 heteroatoms. The predicted octanol–water partition coefficient (Wildman–Crippen LogP) is 16.6. The van der Waals surface area contributed by atoms with Crippen molar-refractivity contribution in [2.24, 2.45) is 0 Å². The number of rotatable bonds is 8. The lowest BCUT2D eigenvalue weighted by atomic mass is 9.91. The maximum absolute atomic E-state index is 16.7. The summed E-state index contributed by atoms with van der Waals surface area (Å²) in [6.07, 6.45) is 0. The molecule has 10 aromatic carbocycles. The van der Waals surface area contributed by atoms with Crippen molar-refractivity contribution in [2.75, 3.05) is 9.80 Å². The SMILES string of the molecule is Cc1cc(C)cc(-c2cc(F)c(N(c3ccccc3)c3ccc4ccc5c(N(c6ccccc6)c6cc(F)c(-c7cc(C)cc(C)c7)cc6F)ccc6ccc3c4c65)cc2F)c1. The summed E-state index contributed by atoms with van der Waals surface area (Å²) < 4.78 is 66.2.